The lowest BCUT2D eigenvalue weighted by Crippen LogP contribution is -2.40. The smallest absolute Gasteiger partial charge is 0.254 e. The topological polar surface area (TPSA) is 118 Å². The fraction of sp³-hybridized carbons (Fsp3) is 0.250. The molecule has 0 radical (unpaired) electrons. The molecule has 1 unspecified atom stereocenters. The molecule has 0 aliphatic carbocycles. The van der Waals surface area contributed by atoms with Crippen LogP contribution in [-0.4, -0.2) is 39.5 Å². The Hall–Kier alpha value is -2.02. The van der Waals surface area contributed by atoms with Crippen LogP contribution in [-0.2, 0) is 4.79 Å². The lowest BCUT2D eigenvalue weighted by Gasteiger charge is -2.07. The van der Waals surface area contributed by atoms with Gasteiger partial charge in [0.15, 0.2) is 0 Å². The number of rotatable bonds is 4. The van der Waals surface area contributed by atoms with E-state index >= 15 is 0 Å². The highest BCUT2D eigenvalue weighted by Crippen LogP contribution is 1.92. The third-order valence-electron chi connectivity index (χ3n) is 1.61. The van der Waals surface area contributed by atoms with E-state index in [0.29, 0.717) is 0 Å². The number of amides is 2. The molecule has 0 spiro atoms. The number of carbonyl (C=O) groups excluding carboxylic acids is 2. The van der Waals surface area contributed by atoms with E-state index in [4.69, 9.17) is 10.8 Å². The average Bonchev–Trinajstić information content (AvgIpc) is 2.26. The highest BCUT2D eigenvalue weighted by molar-refractivity contribution is 5.93. The van der Waals surface area contributed by atoms with Gasteiger partial charge >= 0.3 is 0 Å². The number of nitrogens with zero attached hydrogens (tertiary/aromatic N) is 2. The van der Waals surface area contributed by atoms with Crippen molar-refractivity contribution in [1.29, 1.82) is 0 Å². The van der Waals surface area contributed by atoms with Crippen molar-refractivity contribution >= 4 is 11.8 Å². The van der Waals surface area contributed by atoms with E-state index in [1.54, 1.807) is 0 Å². The Morgan fingerprint density at radius 3 is 2.60 bits per heavy atom. The molecule has 2 amide bonds. The van der Waals surface area contributed by atoms with E-state index < -0.39 is 17.9 Å². The fourth-order valence-corrected chi connectivity index (χ4v) is 0.808. The van der Waals surface area contributed by atoms with Crippen molar-refractivity contribution < 1.29 is 14.7 Å². The van der Waals surface area contributed by atoms with E-state index in [1.165, 1.54) is 18.7 Å². The van der Waals surface area contributed by atoms with E-state index in [2.05, 4.69) is 15.3 Å². The molecule has 0 aliphatic rings. The number of primary amides is 1. The first kappa shape index (κ1) is 11.1. The van der Waals surface area contributed by atoms with Gasteiger partial charge in [-0.1, -0.05) is 0 Å². The van der Waals surface area contributed by atoms with Gasteiger partial charge in [-0.05, 0) is 0 Å². The maximum absolute atomic E-state index is 11.3. The van der Waals surface area contributed by atoms with Crippen molar-refractivity contribution in [3.63, 3.8) is 0 Å². The van der Waals surface area contributed by atoms with Gasteiger partial charge in [0, 0.05) is 12.4 Å². The Morgan fingerprint density at radius 2 is 2.07 bits per heavy atom. The Balaban J connectivity index is 2.47. The Kier molecular flexibility index (Phi) is 3.69. The number of carbonyl (C=O) groups is 2. The molecular weight excluding hydrogens is 200 g/mol. The second-order valence-corrected chi connectivity index (χ2v) is 2.76. The van der Waals surface area contributed by atoms with Crippen molar-refractivity contribution in [2.75, 3.05) is 6.54 Å². The molecule has 0 aromatic carbocycles. The summed E-state index contributed by atoms with van der Waals surface area (Å²) in [6.07, 6.45) is 2.53. The SMILES string of the molecule is NC(=O)C(O)CNC(=O)c1cncnc1. The lowest BCUT2D eigenvalue weighted by molar-refractivity contribution is -0.125. The number of aliphatic hydroxyl groups excluding tert-OH is 1. The summed E-state index contributed by atoms with van der Waals surface area (Å²) < 4.78 is 0. The molecule has 15 heavy (non-hydrogen) atoms. The Bertz CT molecular complexity index is 354. The number of aliphatic hydroxyl groups is 1. The van der Waals surface area contributed by atoms with Crippen molar-refractivity contribution in [2.24, 2.45) is 5.73 Å². The largest absolute Gasteiger partial charge is 0.381 e. The summed E-state index contributed by atoms with van der Waals surface area (Å²) >= 11 is 0. The monoisotopic (exact) mass is 210 g/mol. The van der Waals surface area contributed by atoms with Crippen LogP contribution in [0.1, 0.15) is 10.4 Å². The molecule has 1 aromatic heterocycles. The molecule has 80 valence electrons. The fourth-order valence-electron chi connectivity index (χ4n) is 0.808. The summed E-state index contributed by atoms with van der Waals surface area (Å²) in [5.74, 6) is -1.37. The second-order valence-electron chi connectivity index (χ2n) is 2.76. The third kappa shape index (κ3) is 3.31. The molecule has 0 aliphatic heterocycles. The van der Waals surface area contributed by atoms with Crippen LogP contribution in [0.3, 0.4) is 0 Å². The zero-order chi connectivity index (χ0) is 11.3. The van der Waals surface area contributed by atoms with Crippen LogP contribution in [0, 0.1) is 0 Å². The van der Waals surface area contributed by atoms with Crippen molar-refractivity contribution in [3.05, 3.63) is 24.3 Å². The number of nitrogens with one attached hydrogen (secondary N) is 1. The normalized spacial score (nSPS) is 11.8. The van der Waals surface area contributed by atoms with Crippen LogP contribution in [0.15, 0.2) is 18.7 Å². The molecule has 1 rings (SSSR count). The molecular formula is C8H10N4O3. The maximum atomic E-state index is 11.3. The van der Waals surface area contributed by atoms with Crippen LogP contribution >= 0.6 is 0 Å². The lowest BCUT2D eigenvalue weighted by atomic mass is 10.3. The van der Waals surface area contributed by atoms with Gasteiger partial charge in [-0.2, -0.15) is 0 Å². The van der Waals surface area contributed by atoms with E-state index in [0.717, 1.165) is 0 Å². The van der Waals surface area contributed by atoms with Gasteiger partial charge in [-0.25, -0.2) is 9.97 Å². The number of aromatic nitrogens is 2. The minimum atomic E-state index is -1.39. The van der Waals surface area contributed by atoms with Crippen LogP contribution in [0.5, 0.6) is 0 Å². The predicted octanol–water partition coefficient (Wildman–Crippen LogP) is -1.95. The van der Waals surface area contributed by atoms with Crippen molar-refractivity contribution in [3.8, 4) is 0 Å². The Labute approximate surface area is 85.3 Å². The second kappa shape index (κ2) is 5.01. The van der Waals surface area contributed by atoms with Crippen LogP contribution < -0.4 is 11.1 Å². The molecule has 0 saturated heterocycles. The molecule has 1 heterocycles. The predicted molar refractivity (Wildman–Crippen MR) is 49.6 cm³/mol. The highest BCUT2D eigenvalue weighted by atomic mass is 16.3. The summed E-state index contributed by atoms with van der Waals surface area (Å²) in [7, 11) is 0. The van der Waals surface area contributed by atoms with E-state index in [9.17, 15) is 9.59 Å². The maximum Gasteiger partial charge on any atom is 0.254 e. The molecule has 0 bridgehead atoms. The molecule has 0 saturated carbocycles. The average molecular weight is 210 g/mol. The summed E-state index contributed by atoms with van der Waals surface area (Å²) in [6.45, 7) is -0.233. The molecule has 1 aromatic rings. The van der Waals surface area contributed by atoms with E-state index in [-0.39, 0.29) is 12.1 Å². The first-order chi connectivity index (χ1) is 7.11. The molecule has 7 nitrogen and oxygen atoms in total. The molecule has 7 heteroatoms. The minimum Gasteiger partial charge on any atom is -0.381 e. The van der Waals surface area contributed by atoms with Gasteiger partial charge in [0.2, 0.25) is 5.91 Å². The van der Waals surface area contributed by atoms with Gasteiger partial charge in [-0.3, -0.25) is 9.59 Å². The van der Waals surface area contributed by atoms with Gasteiger partial charge in [0.05, 0.1) is 12.1 Å². The summed E-state index contributed by atoms with van der Waals surface area (Å²) in [6, 6.07) is 0. The standard InChI is InChI=1S/C8H10N4O3/c9-7(14)6(13)3-12-8(15)5-1-10-4-11-2-5/h1-2,4,6,13H,3H2,(H2,9,14)(H,12,15). The quantitative estimate of drug-likeness (QED) is 0.534. The zero-order valence-electron chi connectivity index (χ0n) is 7.75. The van der Waals surface area contributed by atoms with E-state index in [1.807, 2.05) is 0 Å². The highest BCUT2D eigenvalue weighted by Gasteiger charge is 2.13. The van der Waals surface area contributed by atoms with Gasteiger partial charge in [0.25, 0.3) is 5.91 Å². The van der Waals surface area contributed by atoms with Crippen LogP contribution in [0.2, 0.25) is 0 Å². The number of nitrogens with two attached hydrogens (primary N) is 1. The van der Waals surface area contributed by atoms with Gasteiger partial charge < -0.3 is 16.2 Å². The third-order valence-corrected chi connectivity index (χ3v) is 1.61. The Morgan fingerprint density at radius 1 is 1.47 bits per heavy atom. The van der Waals surface area contributed by atoms with Crippen molar-refractivity contribution in [2.45, 2.75) is 6.10 Å². The molecule has 1 atom stereocenters. The molecule has 0 fully saturated rings. The summed E-state index contributed by atoms with van der Waals surface area (Å²) in [4.78, 5) is 29.0. The summed E-state index contributed by atoms with van der Waals surface area (Å²) in [5.41, 5.74) is 5.04. The first-order valence-corrected chi connectivity index (χ1v) is 4.12. The summed E-state index contributed by atoms with van der Waals surface area (Å²) in [5, 5.41) is 11.3. The number of hydrogen-bond acceptors (Lipinski definition) is 5. The molecule has 4 N–H and O–H groups in total. The number of hydrogen-bond donors (Lipinski definition) is 3. The van der Waals surface area contributed by atoms with Crippen LogP contribution in [0.4, 0.5) is 0 Å². The van der Waals surface area contributed by atoms with Crippen molar-refractivity contribution in [1.82, 2.24) is 15.3 Å². The van der Waals surface area contributed by atoms with Gasteiger partial charge in [0.1, 0.15) is 12.4 Å². The van der Waals surface area contributed by atoms with Crippen LogP contribution in [0.25, 0.3) is 0 Å². The minimum absolute atomic E-state index is 0.233. The van der Waals surface area contributed by atoms with Gasteiger partial charge in [-0.15, -0.1) is 0 Å². The zero-order valence-corrected chi connectivity index (χ0v) is 7.75. The first-order valence-electron chi connectivity index (χ1n) is 4.12.